The van der Waals surface area contributed by atoms with Crippen LogP contribution in [0.2, 0.25) is 0 Å². The van der Waals surface area contributed by atoms with E-state index < -0.39 is 21.0 Å². The van der Waals surface area contributed by atoms with Crippen LogP contribution in [0.1, 0.15) is 31.7 Å². The minimum absolute atomic E-state index is 0.0413. The molecule has 1 N–H and O–H groups in total. The number of hydrogen-bond donors (Lipinski definition) is 1. The molecule has 0 saturated carbocycles. The number of amidine groups is 1. The second-order valence-corrected chi connectivity index (χ2v) is 9.97. The normalized spacial score (nSPS) is 18.9. The summed E-state index contributed by atoms with van der Waals surface area (Å²) in [5.74, 6) is 0.0995. The molecule has 1 amide bonds. The van der Waals surface area contributed by atoms with E-state index in [-0.39, 0.29) is 22.3 Å². The smallest absolute Gasteiger partial charge is 0.269 e. The number of aliphatic imine (C=N–C) groups is 1. The van der Waals surface area contributed by atoms with Gasteiger partial charge in [0.15, 0.2) is 0 Å². The zero-order valence-corrected chi connectivity index (χ0v) is 19.7. The zero-order chi connectivity index (χ0) is 24.3. The number of nitro groups is 1. The molecule has 0 aliphatic carbocycles. The maximum atomic E-state index is 13.4. The Kier molecular flexibility index (Phi) is 6.82. The van der Waals surface area contributed by atoms with Gasteiger partial charge in [0.05, 0.1) is 9.82 Å². The van der Waals surface area contributed by atoms with Crippen LogP contribution in [0.15, 0.2) is 58.4 Å². The first-order chi connectivity index (χ1) is 16.3. The van der Waals surface area contributed by atoms with Crippen molar-refractivity contribution in [3.63, 3.8) is 0 Å². The molecule has 34 heavy (non-hydrogen) atoms. The Labute approximate surface area is 198 Å². The Bertz CT molecular complexity index is 1200. The van der Waals surface area contributed by atoms with Gasteiger partial charge in [0.1, 0.15) is 11.9 Å². The first kappa shape index (κ1) is 23.7. The van der Waals surface area contributed by atoms with Crippen LogP contribution < -0.4 is 9.62 Å². The Morgan fingerprint density at radius 1 is 1.12 bits per heavy atom. The summed E-state index contributed by atoms with van der Waals surface area (Å²) >= 11 is 0. The van der Waals surface area contributed by atoms with Crippen molar-refractivity contribution < 1.29 is 18.1 Å². The van der Waals surface area contributed by atoms with E-state index in [1.54, 1.807) is 35.2 Å². The van der Waals surface area contributed by atoms with Crippen molar-refractivity contribution in [3.8, 4) is 0 Å². The minimum Gasteiger partial charge on any atom is -0.368 e. The quantitative estimate of drug-likeness (QED) is 0.475. The SMILES string of the molecule is CCCCC(N=C1NS(=O)(=O)c2ccccc21)C(=O)N1CCN(c2ccc([N+](=O)[O-])cc2)CC1. The molecule has 2 aliphatic rings. The molecule has 180 valence electrons. The molecule has 0 bridgehead atoms. The predicted molar refractivity (Wildman–Crippen MR) is 129 cm³/mol. The lowest BCUT2D eigenvalue weighted by atomic mass is 10.1. The van der Waals surface area contributed by atoms with Gasteiger partial charge in [-0.15, -0.1) is 0 Å². The fourth-order valence-electron chi connectivity index (χ4n) is 4.21. The highest BCUT2D eigenvalue weighted by molar-refractivity contribution is 7.90. The molecule has 0 aromatic heterocycles. The third kappa shape index (κ3) is 4.89. The maximum Gasteiger partial charge on any atom is 0.269 e. The van der Waals surface area contributed by atoms with E-state index >= 15 is 0 Å². The highest BCUT2D eigenvalue weighted by atomic mass is 32.2. The number of anilines is 1. The highest BCUT2D eigenvalue weighted by Crippen LogP contribution is 2.24. The van der Waals surface area contributed by atoms with Crippen LogP contribution >= 0.6 is 0 Å². The summed E-state index contributed by atoms with van der Waals surface area (Å²) in [6, 6.07) is 12.3. The number of sulfonamides is 1. The summed E-state index contributed by atoms with van der Waals surface area (Å²) in [4.78, 5) is 32.4. The van der Waals surface area contributed by atoms with Crippen LogP contribution in [0.25, 0.3) is 0 Å². The van der Waals surface area contributed by atoms with Crippen LogP contribution in [0.4, 0.5) is 11.4 Å². The molecule has 1 unspecified atom stereocenters. The van der Waals surface area contributed by atoms with Crippen molar-refractivity contribution in [1.29, 1.82) is 0 Å². The number of unbranched alkanes of at least 4 members (excludes halogenated alkanes) is 1. The standard InChI is InChI=1S/C23H27N5O5S/c1-2-3-7-20(24-22-19-6-4-5-8-21(19)34(32,33)25-22)23(29)27-15-13-26(14-16-27)17-9-11-18(12-10-17)28(30)31/h4-6,8-12,20H,2-3,7,13-16H2,1H3,(H,24,25). The summed E-state index contributed by atoms with van der Waals surface area (Å²) in [5, 5.41) is 10.9. The van der Waals surface area contributed by atoms with Gasteiger partial charge in [0.2, 0.25) is 5.91 Å². The van der Waals surface area contributed by atoms with Gasteiger partial charge >= 0.3 is 0 Å². The maximum absolute atomic E-state index is 13.4. The molecule has 10 nitrogen and oxygen atoms in total. The Morgan fingerprint density at radius 3 is 2.44 bits per heavy atom. The third-order valence-corrected chi connectivity index (χ3v) is 7.48. The van der Waals surface area contributed by atoms with Gasteiger partial charge in [-0.3, -0.25) is 24.6 Å². The van der Waals surface area contributed by atoms with Crippen LogP contribution in [0.5, 0.6) is 0 Å². The number of hydrogen-bond acceptors (Lipinski definition) is 7. The van der Waals surface area contributed by atoms with Crippen molar-refractivity contribution in [1.82, 2.24) is 9.62 Å². The van der Waals surface area contributed by atoms with Gasteiger partial charge in [-0.2, -0.15) is 0 Å². The first-order valence-electron chi connectivity index (χ1n) is 11.3. The molecule has 0 radical (unpaired) electrons. The fourth-order valence-corrected chi connectivity index (χ4v) is 5.45. The van der Waals surface area contributed by atoms with E-state index in [9.17, 15) is 23.3 Å². The number of non-ortho nitro benzene ring substituents is 1. The average Bonchev–Trinajstić information content (AvgIpc) is 3.11. The molecule has 1 fully saturated rings. The molecule has 2 heterocycles. The lowest BCUT2D eigenvalue weighted by Crippen LogP contribution is -2.51. The Hall–Kier alpha value is -3.47. The molecule has 0 spiro atoms. The molecular formula is C23H27N5O5S. The molecule has 1 atom stereocenters. The first-order valence-corrected chi connectivity index (χ1v) is 12.8. The van der Waals surface area contributed by atoms with Gasteiger partial charge < -0.3 is 9.80 Å². The third-order valence-electron chi connectivity index (χ3n) is 6.08. The number of piperazine rings is 1. The van der Waals surface area contributed by atoms with Crippen molar-refractivity contribution >= 4 is 33.1 Å². The Morgan fingerprint density at radius 2 is 1.79 bits per heavy atom. The van der Waals surface area contributed by atoms with Crippen molar-refractivity contribution in [2.45, 2.75) is 37.1 Å². The van der Waals surface area contributed by atoms with E-state index in [0.29, 0.717) is 38.2 Å². The van der Waals surface area contributed by atoms with Gasteiger partial charge in [-0.1, -0.05) is 31.9 Å². The highest BCUT2D eigenvalue weighted by Gasteiger charge is 2.33. The van der Waals surface area contributed by atoms with Gasteiger partial charge in [0.25, 0.3) is 15.7 Å². The second kappa shape index (κ2) is 9.80. The summed E-state index contributed by atoms with van der Waals surface area (Å²) in [7, 11) is -3.67. The minimum atomic E-state index is -3.67. The number of rotatable bonds is 7. The molecular weight excluding hydrogens is 458 g/mol. The second-order valence-electron chi connectivity index (χ2n) is 8.32. The molecule has 4 rings (SSSR count). The number of nitrogens with zero attached hydrogens (tertiary/aromatic N) is 4. The topological polar surface area (TPSA) is 125 Å². The molecule has 2 aromatic rings. The summed E-state index contributed by atoms with van der Waals surface area (Å²) in [6.45, 7) is 4.20. The fraction of sp³-hybridized carbons (Fsp3) is 0.391. The lowest BCUT2D eigenvalue weighted by Gasteiger charge is -2.37. The largest absolute Gasteiger partial charge is 0.368 e. The van der Waals surface area contributed by atoms with Crippen LogP contribution in [0.3, 0.4) is 0 Å². The van der Waals surface area contributed by atoms with E-state index in [4.69, 9.17) is 0 Å². The Balaban J connectivity index is 1.48. The number of nitro benzene ring substituents is 1. The zero-order valence-electron chi connectivity index (χ0n) is 18.9. The van der Waals surface area contributed by atoms with Crippen molar-refractivity contribution in [2.75, 3.05) is 31.1 Å². The number of amides is 1. The summed E-state index contributed by atoms with van der Waals surface area (Å²) in [5.41, 5.74) is 1.40. The van der Waals surface area contributed by atoms with Gasteiger partial charge in [-0.05, 0) is 30.7 Å². The molecule has 11 heteroatoms. The summed E-state index contributed by atoms with van der Waals surface area (Å²) < 4.78 is 27.4. The van der Waals surface area contributed by atoms with Gasteiger partial charge in [-0.25, -0.2) is 8.42 Å². The van der Waals surface area contributed by atoms with E-state index in [1.807, 2.05) is 6.92 Å². The van der Waals surface area contributed by atoms with Crippen LogP contribution in [-0.2, 0) is 14.8 Å². The molecule has 2 aliphatic heterocycles. The number of fused-ring (bicyclic) bond motifs is 1. The lowest BCUT2D eigenvalue weighted by molar-refractivity contribution is -0.384. The van der Waals surface area contributed by atoms with E-state index in [1.165, 1.54) is 18.2 Å². The van der Waals surface area contributed by atoms with Crippen molar-refractivity contribution in [2.24, 2.45) is 4.99 Å². The molecule has 2 aromatic carbocycles. The van der Waals surface area contributed by atoms with Crippen molar-refractivity contribution in [3.05, 3.63) is 64.2 Å². The molecule has 1 saturated heterocycles. The van der Waals surface area contributed by atoms with Crippen LogP contribution in [-0.4, -0.2) is 62.2 Å². The van der Waals surface area contributed by atoms with Crippen LogP contribution in [0, 0.1) is 10.1 Å². The van der Waals surface area contributed by atoms with E-state index in [0.717, 1.165) is 18.5 Å². The number of nitrogens with one attached hydrogen (secondary N) is 1. The summed E-state index contributed by atoms with van der Waals surface area (Å²) in [6.07, 6.45) is 2.22. The number of carbonyl (C=O) groups is 1. The number of benzene rings is 2. The monoisotopic (exact) mass is 485 g/mol. The predicted octanol–water partition coefficient (Wildman–Crippen LogP) is 2.54. The van der Waals surface area contributed by atoms with Gasteiger partial charge in [0, 0.05) is 49.6 Å². The average molecular weight is 486 g/mol. The number of carbonyl (C=O) groups excluding carboxylic acids is 1. The van der Waals surface area contributed by atoms with E-state index in [2.05, 4.69) is 14.6 Å².